The molecule has 3 atom stereocenters. The number of nitrogens with one attached hydrogen (secondary N) is 1. The van der Waals surface area contributed by atoms with E-state index in [1.165, 1.54) is 6.42 Å². The van der Waals surface area contributed by atoms with Gasteiger partial charge in [-0.25, -0.2) is 4.79 Å². The first-order valence-corrected chi connectivity index (χ1v) is 10.1. The second-order valence-corrected chi connectivity index (χ2v) is 7.89. The van der Waals surface area contributed by atoms with E-state index in [1.807, 2.05) is 24.3 Å². The number of rotatable bonds is 9. The Kier molecular flexibility index (Phi) is 8.61. The molecule has 1 aromatic rings. The van der Waals surface area contributed by atoms with Gasteiger partial charge in [0.15, 0.2) is 6.61 Å². The molecular formula is C22H33NO5. The van der Waals surface area contributed by atoms with Crippen LogP contribution < -0.4 is 10.1 Å². The topological polar surface area (TPSA) is 73.9 Å². The quantitative estimate of drug-likeness (QED) is 0.640. The minimum Gasteiger partial charge on any atom is -0.495 e. The molecule has 1 aliphatic carbocycles. The third-order valence-corrected chi connectivity index (χ3v) is 5.35. The molecule has 1 N–H and O–H groups in total. The molecule has 6 nitrogen and oxygen atoms in total. The van der Waals surface area contributed by atoms with Gasteiger partial charge in [0.2, 0.25) is 0 Å². The molecule has 0 heterocycles. The van der Waals surface area contributed by atoms with Gasteiger partial charge in [-0.05, 0) is 42.7 Å². The molecule has 0 aromatic heterocycles. The fourth-order valence-corrected chi connectivity index (χ4v) is 3.75. The monoisotopic (exact) mass is 391 g/mol. The van der Waals surface area contributed by atoms with Gasteiger partial charge in [0.25, 0.3) is 0 Å². The van der Waals surface area contributed by atoms with E-state index in [4.69, 9.17) is 14.2 Å². The van der Waals surface area contributed by atoms with E-state index in [2.05, 4.69) is 26.1 Å². The molecule has 1 fully saturated rings. The van der Waals surface area contributed by atoms with Gasteiger partial charge in [-0.2, -0.15) is 0 Å². The molecule has 1 aliphatic rings. The standard InChI is InChI=1S/C22H33NO5/c1-15(2)17-10-9-16(3)13-20(17)28-22(25)14-27-21(24)11-12-23-18-7-5-6-8-19(18)26-4/h5-8,15-17,20,23H,9-14H2,1-4H3. The van der Waals surface area contributed by atoms with E-state index in [1.54, 1.807) is 7.11 Å². The Balaban J connectivity index is 1.70. The van der Waals surface area contributed by atoms with Crippen molar-refractivity contribution < 1.29 is 23.8 Å². The van der Waals surface area contributed by atoms with Crippen LogP contribution in [-0.4, -0.2) is 38.3 Å². The molecule has 2 rings (SSSR count). The third kappa shape index (κ3) is 6.73. The van der Waals surface area contributed by atoms with Crippen molar-refractivity contribution in [2.45, 2.75) is 52.6 Å². The summed E-state index contributed by atoms with van der Waals surface area (Å²) in [6, 6.07) is 7.47. The number of carbonyl (C=O) groups excluding carboxylic acids is 2. The van der Waals surface area contributed by atoms with Crippen molar-refractivity contribution in [2.75, 3.05) is 25.6 Å². The maximum atomic E-state index is 12.1. The van der Waals surface area contributed by atoms with Crippen LogP contribution in [0.4, 0.5) is 5.69 Å². The fourth-order valence-electron chi connectivity index (χ4n) is 3.75. The van der Waals surface area contributed by atoms with Gasteiger partial charge in [-0.3, -0.25) is 4.79 Å². The Labute approximate surface area is 167 Å². The number of carbonyl (C=O) groups is 2. The molecule has 3 unspecified atom stereocenters. The SMILES string of the molecule is COc1ccccc1NCCC(=O)OCC(=O)OC1CC(C)CCC1C(C)C. The lowest BCUT2D eigenvalue weighted by Gasteiger charge is -2.36. The van der Waals surface area contributed by atoms with E-state index in [-0.39, 0.29) is 19.1 Å². The second kappa shape index (κ2) is 10.9. The minimum absolute atomic E-state index is 0.0813. The van der Waals surface area contributed by atoms with Crippen LogP contribution in [0.2, 0.25) is 0 Å². The molecule has 6 heteroatoms. The van der Waals surface area contributed by atoms with Crippen LogP contribution in [0.5, 0.6) is 5.75 Å². The van der Waals surface area contributed by atoms with Gasteiger partial charge in [0.05, 0.1) is 19.2 Å². The Morgan fingerprint density at radius 2 is 1.93 bits per heavy atom. The normalized spacial score (nSPS) is 21.8. The summed E-state index contributed by atoms with van der Waals surface area (Å²) in [4.78, 5) is 24.0. The van der Waals surface area contributed by atoms with Crippen molar-refractivity contribution in [3.8, 4) is 5.75 Å². The number of benzene rings is 1. The number of anilines is 1. The van der Waals surface area contributed by atoms with E-state index in [0.29, 0.717) is 30.0 Å². The lowest BCUT2D eigenvalue weighted by atomic mass is 9.75. The molecule has 28 heavy (non-hydrogen) atoms. The Morgan fingerprint density at radius 3 is 2.64 bits per heavy atom. The number of methoxy groups -OCH3 is 1. The van der Waals surface area contributed by atoms with Crippen molar-refractivity contribution in [3.05, 3.63) is 24.3 Å². The molecule has 156 valence electrons. The maximum absolute atomic E-state index is 12.1. The van der Waals surface area contributed by atoms with E-state index >= 15 is 0 Å². The summed E-state index contributed by atoms with van der Waals surface area (Å²) in [7, 11) is 1.59. The van der Waals surface area contributed by atoms with Crippen LogP contribution in [-0.2, 0) is 19.1 Å². The van der Waals surface area contributed by atoms with Crippen molar-refractivity contribution in [1.29, 1.82) is 0 Å². The number of ether oxygens (including phenoxy) is 3. The average molecular weight is 392 g/mol. The number of hydrogen-bond donors (Lipinski definition) is 1. The summed E-state index contributed by atoms with van der Waals surface area (Å²) < 4.78 is 16.0. The van der Waals surface area contributed by atoms with Gasteiger partial charge < -0.3 is 19.5 Å². The zero-order valence-electron chi connectivity index (χ0n) is 17.4. The van der Waals surface area contributed by atoms with Crippen LogP contribution in [0.3, 0.4) is 0 Å². The van der Waals surface area contributed by atoms with Crippen molar-refractivity contribution in [1.82, 2.24) is 0 Å². The highest BCUT2D eigenvalue weighted by Crippen LogP contribution is 2.35. The summed E-state index contributed by atoms with van der Waals surface area (Å²) in [6.07, 6.45) is 3.20. The molecule has 1 saturated carbocycles. The Morgan fingerprint density at radius 1 is 1.18 bits per heavy atom. The van der Waals surface area contributed by atoms with Gasteiger partial charge >= 0.3 is 11.9 Å². The average Bonchev–Trinajstić information content (AvgIpc) is 2.66. The molecule has 0 aliphatic heterocycles. The predicted octanol–water partition coefficient (Wildman–Crippen LogP) is 4.04. The first-order chi connectivity index (χ1) is 13.4. The zero-order chi connectivity index (χ0) is 20.5. The summed E-state index contributed by atoms with van der Waals surface area (Å²) in [5.74, 6) is 1.21. The highest BCUT2D eigenvalue weighted by Gasteiger charge is 2.33. The van der Waals surface area contributed by atoms with Gasteiger partial charge in [0, 0.05) is 6.54 Å². The molecule has 0 spiro atoms. The van der Waals surface area contributed by atoms with E-state index in [0.717, 1.165) is 18.5 Å². The van der Waals surface area contributed by atoms with Crippen LogP contribution >= 0.6 is 0 Å². The van der Waals surface area contributed by atoms with E-state index < -0.39 is 11.9 Å². The number of hydrogen-bond acceptors (Lipinski definition) is 6. The molecule has 0 radical (unpaired) electrons. The lowest BCUT2D eigenvalue weighted by Crippen LogP contribution is -2.36. The summed E-state index contributed by atoms with van der Waals surface area (Å²) in [5.41, 5.74) is 0.809. The Bertz CT molecular complexity index is 646. The third-order valence-electron chi connectivity index (χ3n) is 5.35. The van der Waals surface area contributed by atoms with Gasteiger partial charge in [-0.15, -0.1) is 0 Å². The van der Waals surface area contributed by atoms with E-state index in [9.17, 15) is 9.59 Å². The van der Waals surface area contributed by atoms with Gasteiger partial charge in [0.1, 0.15) is 11.9 Å². The fraction of sp³-hybridized carbons (Fsp3) is 0.636. The number of esters is 2. The first kappa shape index (κ1) is 22.1. The Hall–Kier alpha value is -2.24. The summed E-state index contributed by atoms with van der Waals surface area (Å²) in [6.45, 7) is 6.58. The van der Waals surface area contributed by atoms with Crippen LogP contribution in [0.1, 0.15) is 46.5 Å². The van der Waals surface area contributed by atoms with Gasteiger partial charge in [-0.1, -0.05) is 39.3 Å². The highest BCUT2D eigenvalue weighted by molar-refractivity contribution is 5.76. The molecular weight excluding hydrogens is 358 g/mol. The minimum atomic E-state index is -0.462. The van der Waals surface area contributed by atoms with Crippen molar-refractivity contribution in [3.63, 3.8) is 0 Å². The maximum Gasteiger partial charge on any atom is 0.344 e. The molecule has 0 bridgehead atoms. The van der Waals surface area contributed by atoms with Crippen LogP contribution in [0.15, 0.2) is 24.3 Å². The molecule has 0 amide bonds. The molecule has 0 saturated heterocycles. The predicted molar refractivity (Wildman–Crippen MR) is 108 cm³/mol. The number of para-hydroxylation sites is 2. The summed E-state index contributed by atoms with van der Waals surface area (Å²) in [5, 5.41) is 3.13. The largest absolute Gasteiger partial charge is 0.495 e. The van der Waals surface area contributed by atoms with Crippen LogP contribution in [0, 0.1) is 17.8 Å². The summed E-state index contributed by atoms with van der Waals surface area (Å²) >= 11 is 0. The first-order valence-electron chi connectivity index (χ1n) is 10.1. The van der Waals surface area contributed by atoms with Crippen molar-refractivity contribution >= 4 is 17.6 Å². The zero-order valence-corrected chi connectivity index (χ0v) is 17.4. The van der Waals surface area contributed by atoms with Crippen molar-refractivity contribution in [2.24, 2.45) is 17.8 Å². The highest BCUT2D eigenvalue weighted by atomic mass is 16.6. The second-order valence-electron chi connectivity index (χ2n) is 7.89. The van der Waals surface area contributed by atoms with Crippen LogP contribution in [0.25, 0.3) is 0 Å². The smallest absolute Gasteiger partial charge is 0.344 e. The lowest BCUT2D eigenvalue weighted by molar-refractivity contribution is -0.167. The molecule has 1 aromatic carbocycles.